The van der Waals surface area contributed by atoms with Crippen molar-refractivity contribution in [3.8, 4) is 0 Å². The summed E-state index contributed by atoms with van der Waals surface area (Å²) in [4.78, 5) is 14.2. The molecular weight excluding hydrogens is 238 g/mol. The van der Waals surface area contributed by atoms with Gasteiger partial charge in [-0.1, -0.05) is 13.8 Å². The fourth-order valence-corrected chi connectivity index (χ4v) is 2.75. The Balaban J connectivity index is 2.19. The van der Waals surface area contributed by atoms with Gasteiger partial charge in [0.25, 0.3) is 0 Å². The van der Waals surface area contributed by atoms with E-state index in [1.807, 2.05) is 7.05 Å². The van der Waals surface area contributed by atoms with E-state index in [4.69, 9.17) is 0 Å². The Morgan fingerprint density at radius 1 is 1.26 bits per heavy atom. The minimum atomic E-state index is 0.197. The lowest BCUT2D eigenvalue weighted by Gasteiger charge is -2.31. The molecule has 1 amide bonds. The number of piperidine rings is 1. The summed E-state index contributed by atoms with van der Waals surface area (Å²) in [7, 11) is 2.01. The maximum Gasteiger partial charge on any atom is 0.234 e. The van der Waals surface area contributed by atoms with Gasteiger partial charge in [0.1, 0.15) is 0 Å². The third-order valence-electron chi connectivity index (χ3n) is 4.23. The van der Waals surface area contributed by atoms with Gasteiger partial charge in [0.2, 0.25) is 5.91 Å². The van der Waals surface area contributed by atoms with E-state index in [9.17, 15) is 4.79 Å². The molecule has 0 unspecified atom stereocenters. The second kappa shape index (κ2) is 9.32. The van der Waals surface area contributed by atoms with Crippen molar-refractivity contribution >= 4 is 5.91 Å². The van der Waals surface area contributed by atoms with Gasteiger partial charge in [-0.2, -0.15) is 0 Å². The Hall–Kier alpha value is -0.610. The standard InChI is InChI=1S/C15H31N3O/c1-4-14(5-2)17-15(19)12-18-10-7-13(8-11-18)6-9-16-3/h13-14,16H,4-12H2,1-3H3,(H,17,19). The Morgan fingerprint density at radius 2 is 1.89 bits per heavy atom. The van der Waals surface area contributed by atoms with Crippen LogP contribution in [0.25, 0.3) is 0 Å². The second-order valence-corrected chi connectivity index (χ2v) is 5.69. The number of nitrogens with one attached hydrogen (secondary N) is 2. The predicted octanol–water partition coefficient (Wildman–Crippen LogP) is 1.61. The molecule has 4 nitrogen and oxygen atoms in total. The summed E-state index contributed by atoms with van der Waals surface area (Å²) in [5.74, 6) is 1.04. The van der Waals surface area contributed by atoms with E-state index >= 15 is 0 Å². The molecule has 2 N–H and O–H groups in total. The quantitative estimate of drug-likeness (QED) is 0.704. The molecule has 0 aromatic carbocycles. The molecule has 0 radical (unpaired) electrons. The molecule has 0 aliphatic carbocycles. The van der Waals surface area contributed by atoms with Crippen molar-refractivity contribution in [3.05, 3.63) is 0 Å². The summed E-state index contributed by atoms with van der Waals surface area (Å²) in [6.07, 6.45) is 5.78. The Labute approximate surface area is 118 Å². The highest BCUT2D eigenvalue weighted by Gasteiger charge is 2.20. The molecule has 19 heavy (non-hydrogen) atoms. The van der Waals surface area contributed by atoms with E-state index in [2.05, 4.69) is 29.4 Å². The van der Waals surface area contributed by atoms with Crippen molar-refractivity contribution in [3.63, 3.8) is 0 Å². The molecular formula is C15H31N3O. The molecule has 0 spiro atoms. The summed E-state index contributed by atoms with van der Waals surface area (Å²) >= 11 is 0. The molecule has 1 rings (SSSR count). The van der Waals surface area contributed by atoms with Gasteiger partial charge in [-0.3, -0.25) is 9.69 Å². The highest BCUT2D eigenvalue weighted by Crippen LogP contribution is 2.19. The molecule has 0 bridgehead atoms. The molecule has 4 heteroatoms. The van der Waals surface area contributed by atoms with Crippen molar-refractivity contribution in [2.24, 2.45) is 5.92 Å². The van der Waals surface area contributed by atoms with E-state index in [0.717, 1.165) is 38.4 Å². The number of carbonyl (C=O) groups is 1. The maximum absolute atomic E-state index is 11.9. The zero-order valence-corrected chi connectivity index (χ0v) is 12.9. The van der Waals surface area contributed by atoms with Crippen LogP contribution < -0.4 is 10.6 Å². The lowest BCUT2D eigenvalue weighted by atomic mass is 9.93. The van der Waals surface area contributed by atoms with Crippen LogP contribution in [-0.4, -0.2) is 50.1 Å². The highest BCUT2D eigenvalue weighted by atomic mass is 16.2. The van der Waals surface area contributed by atoms with Crippen molar-refractivity contribution < 1.29 is 4.79 Å². The van der Waals surface area contributed by atoms with Crippen LogP contribution in [0.5, 0.6) is 0 Å². The third kappa shape index (κ3) is 6.39. The molecule has 1 heterocycles. The van der Waals surface area contributed by atoms with Gasteiger partial charge in [0.15, 0.2) is 0 Å². The van der Waals surface area contributed by atoms with E-state index in [-0.39, 0.29) is 5.91 Å². The van der Waals surface area contributed by atoms with Gasteiger partial charge >= 0.3 is 0 Å². The summed E-state index contributed by atoms with van der Waals surface area (Å²) in [5.41, 5.74) is 0. The fraction of sp³-hybridized carbons (Fsp3) is 0.933. The largest absolute Gasteiger partial charge is 0.352 e. The average molecular weight is 269 g/mol. The smallest absolute Gasteiger partial charge is 0.234 e. The number of hydrogen-bond donors (Lipinski definition) is 2. The molecule has 0 aromatic heterocycles. The molecule has 1 fully saturated rings. The van der Waals surface area contributed by atoms with Crippen LogP contribution in [0, 0.1) is 5.92 Å². The first-order valence-electron chi connectivity index (χ1n) is 7.85. The molecule has 0 saturated carbocycles. The van der Waals surface area contributed by atoms with Gasteiger partial charge in [-0.05, 0) is 64.7 Å². The first-order valence-corrected chi connectivity index (χ1v) is 7.85. The number of likely N-dealkylation sites (tertiary alicyclic amines) is 1. The van der Waals surface area contributed by atoms with Crippen molar-refractivity contribution in [1.29, 1.82) is 0 Å². The van der Waals surface area contributed by atoms with Crippen molar-refractivity contribution in [1.82, 2.24) is 15.5 Å². The Kier molecular flexibility index (Phi) is 8.07. The first kappa shape index (κ1) is 16.4. The lowest BCUT2D eigenvalue weighted by molar-refractivity contribution is -0.123. The maximum atomic E-state index is 11.9. The van der Waals surface area contributed by atoms with E-state index < -0.39 is 0 Å². The highest BCUT2D eigenvalue weighted by molar-refractivity contribution is 5.78. The van der Waals surface area contributed by atoms with Crippen molar-refractivity contribution in [2.75, 3.05) is 33.2 Å². The SMILES string of the molecule is CCC(CC)NC(=O)CN1CCC(CCNC)CC1. The normalized spacial score (nSPS) is 17.9. The van der Waals surface area contributed by atoms with E-state index in [1.54, 1.807) is 0 Å². The van der Waals surface area contributed by atoms with Gasteiger partial charge in [0, 0.05) is 6.04 Å². The summed E-state index contributed by atoms with van der Waals surface area (Å²) in [6, 6.07) is 0.348. The average Bonchev–Trinajstić information content (AvgIpc) is 2.44. The zero-order chi connectivity index (χ0) is 14.1. The van der Waals surface area contributed by atoms with Gasteiger partial charge < -0.3 is 10.6 Å². The minimum absolute atomic E-state index is 0.197. The monoisotopic (exact) mass is 269 g/mol. The van der Waals surface area contributed by atoms with Gasteiger partial charge in [-0.15, -0.1) is 0 Å². The third-order valence-corrected chi connectivity index (χ3v) is 4.23. The van der Waals surface area contributed by atoms with Gasteiger partial charge in [-0.25, -0.2) is 0 Å². The van der Waals surface area contributed by atoms with Crippen LogP contribution in [0.2, 0.25) is 0 Å². The summed E-state index contributed by atoms with van der Waals surface area (Å²) in [5, 5.41) is 6.33. The van der Waals surface area contributed by atoms with Crippen LogP contribution in [0.4, 0.5) is 0 Å². The number of rotatable bonds is 8. The van der Waals surface area contributed by atoms with Gasteiger partial charge in [0.05, 0.1) is 6.54 Å². The molecule has 1 aliphatic heterocycles. The van der Waals surface area contributed by atoms with E-state index in [1.165, 1.54) is 19.3 Å². The summed E-state index contributed by atoms with van der Waals surface area (Å²) in [6.45, 7) is 8.09. The molecule has 1 saturated heterocycles. The van der Waals surface area contributed by atoms with E-state index in [0.29, 0.717) is 12.6 Å². The van der Waals surface area contributed by atoms with Crippen LogP contribution in [-0.2, 0) is 4.79 Å². The lowest BCUT2D eigenvalue weighted by Crippen LogP contribution is -2.44. The van der Waals surface area contributed by atoms with Crippen LogP contribution in [0.1, 0.15) is 46.0 Å². The minimum Gasteiger partial charge on any atom is -0.352 e. The first-order chi connectivity index (χ1) is 9.19. The number of nitrogens with zero attached hydrogens (tertiary/aromatic N) is 1. The molecule has 1 aliphatic rings. The van der Waals surface area contributed by atoms with Crippen LogP contribution in [0.3, 0.4) is 0 Å². The fourth-order valence-electron chi connectivity index (χ4n) is 2.75. The topological polar surface area (TPSA) is 44.4 Å². The Bertz CT molecular complexity index is 246. The van der Waals surface area contributed by atoms with Crippen LogP contribution >= 0.6 is 0 Å². The predicted molar refractivity (Wildman–Crippen MR) is 80.2 cm³/mol. The Morgan fingerprint density at radius 3 is 2.42 bits per heavy atom. The molecule has 0 aromatic rings. The number of amides is 1. The second-order valence-electron chi connectivity index (χ2n) is 5.69. The molecule has 112 valence electrons. The number of hydrogen-bond acceptors (Lipinski definition) is 3. The number of carbonyl (C=O) groups excluding carboxylic acids is 1. The molecule has 0 atom stereocenters. The zero-order valence-electron chi connectivity index (χ0n) is 12.9. The summed E-state index contributed by atoms with van der Waals surface area (Å²) < 4.78 is 0. The van der Waals surface area contributed by atoms with Crippen LogP contribution in [0.15, 0.2) is 0 Å². The van der Waals surface area contributed by atoms with Crippen molar-refractivity contribution in [2.45, 2.75) is 52.0 Å².